The molecule has 0 aliphatic carbocycles. The maximum Gasteiger partial charge on any atom is 0.176 e. The Labute approximate surface area is 71.0 Å². The number of nitrogens with zero attached hydrogens (tertiary/aromatic N) is 1. The zero-order valence-electron chi connectivity index (χ0n) is 7.25. The van der Waals surface area contributed by atoms with Crippen molar-refractivity contribution in [2.24, 2.45) is 0 Å². The summed E-state index contributed by atoms with van der Waals surface area (Å²) in [5.74, 6) is -0.0272. The molecular formula is C9H12FNO. The van der Waals surface area contributed by atoms with Gasteiger partial charge in [0.1, 0.15) is 6.17 Å². The second-order valence-corrected chi connectivity index (χ2v) is 2.88. The van der Waals surface area contributed by atoms with Crippen LogP contribution in [0.15, 0.2) is 18.3 Å². The molecule has 1 atom stereocenters. The minimum absolute atomic E-state index is 0.0272. The zero-order valence-corrected chi connectivity index (χ0v) is 7.25. The van der Waals surface area contributed by atoms with Crippen molar-refractivity contribution in [3.8, 4) is 0 Å². The molecule has 0 amide bonds. The largest absolute Gasteiger partial charge is 0.342 e. The molecule has 0 aliphatic heterocycles. The Hall–Kier alpha value is -1.12. The maximum absolute atomic E-state index is 12.6. The smallest absolute Gasteiger partial charge is 0.176 e. The molecule has 1 aromatic rings. The predicted octanol–water partition coefficient (Wildman–Crippen LogP) is 2.05. The van der Waals surface area contributed by atoms with Gasteiger partial charge in [-0.05, 0) is 19.1 Å². The lowest BCUT2D eigenvalue weighted by molar-refractivity contribution is 0.100. The van der Waals surface area contributed by atoms with Crippen molar-refractivity contribution in [1.29, 1.82) is 0 Å². The summed E-state index contributed by atoms with van der Waals surface area (Å²) < 4.78 is 14.2. The van der Waals surface area contributed by atoms with Gasteiger partial charge in [0.05, 0.1) is 12.2 Å². The van der Waals surface area contributed by atoms with Crippen molar-refractivity contribution >= 4 is 5.78 Å². The van der Waals surface area contributed by atoms with Gasteiger partial charge in [0, 0.05) is 13.1 Å². The first-order valence-corrected chi connectivity index (χ1v) is 3.91. The molecule has 0 saturated heterocycles. The van der Waals surface area contributed by atoms with Crippen LogP contribution in [0.2, 0.25) is 0 Å². The van der Waals surface area contributed by atoms with Crippen molar-refractivity contribution in [3.05, 3.63) is 24.0 Å². The molecule has 0 fully saturated rings. The molecule has 66 valence electrons. The summed E-state index contributed by atoms with van der Waals surface area (Å²) in [5, 5.41) is 0. The molecule has 0 bridgehead atoms. The second-order valence-electron chi connectivity index (χ2n) is 2.88. The third-order valence-electron chi connectivity index (χ3n) is 1.64. The Morgan fingerprint density at radius 3 is 2.92 bits per heavy atom. The van der Waals surface area contributed by atoms with E-state index in [0.29, 0.717) is 5.69 Å². The number of aromatic nitrogens is 1. The van der Waals surface area contributed by atoms with Gasteiger partial charge in [-0.25, -0.2) is 4.39 Å². The topological polar surface area (TPSA) is 22.0 Å². The molecule has 1 heterocycles. The third-order valence-corrected chi connectivity index (χ3v) is 1.64. The fraction of sp³-hybridized carbons (Fsp3) is 0.444. The van der Waals surface area contributed by atoms with Crippen molar-refractivity contribution < 1.29 is 9.18 Å². The average molecular weight is 169 g/mol. The molecule has 1 aromatic heterocycles. The fourth-order valence-electron chi connectivity index (χ4n) is 1.16. The number of carbonyl (C=O) groups is 1. The van der Waals surface area contributed by atoms with Crippen LogP contribution in [0.4, 0.5) is 4.39 Å². The minimum atomic E-state index is -0.921. The van der Waals surface area contributed by atoms with E-state index >= 15 is 0 Å². The van der Waals surface area contributed by atoms with Gasteiger partial charge < -0.3 is 4.57 Å². The lowest BCUT2D eigenvalue weighted by atomic mass is 10.3. The highest BCUT2D eigenvalue weighted by molar-refractivity contribution is 5.92. The van der Waals surface area contributed by atoms with Crippen LogP contribution >= 0.6 is 0 Å². The first-order chi connectivity index (χ1) is 5.61. The average Bonchev–Trinajstić information content (AvgIpc) is 2.33. The molecule has 2 nitrogen and oxygen atoms in total. The van der Waals surface area contributed by atoms with E-state index in [1.807, 2.05) is 0 Å². The summed E-state index contributed by atoms with van der Waals surface area (Å²) in [6.45, 7) is 3.21. The highest BCUT2D eigenvalue weighted by Gasteiger charge is 2.07. The first kappa shape index (κ1) is 8.97. The van der Waals surface area contributed by atoms with Crippen LogP contribution in [0.1, 0.15) is 24.3 Å². The lowest BCUT2D eigenvalue weighted by Gasteiger charge is -2.06. The molecule has 0 spiro atoms. The molecule has 1 unspecified atom stereocenters. The molecule has 0 aliphatic rings. The number of hydrogen-bond acceptors (Lipinski definition) is 1. The van der Waals surface area contributed by atoms with Gasteiger partial charge in [-0.2, -0.15) is 0 Å². The van der Waals surface area contributed by atoms with Crippen molar-refractivity contribution in [1.82, 2.24) is 4.57 Å². The fourth-order valence-corrected chi connectivity index (χ4v) is 1.16. The van der Waals surface area contributed by atoms with E-state index in [1.54, 1.807) is 22.9 Å². The van der Waals surface area contributed by atoms with Crippen LogP contribution in [0.25, 0.3) is 0 Å². The number of Topliss-reactive ketones (excluding diaryl/α,β-unsaturated/α-hetero) is 1. The molecule has 1 rings (SSSR count). The van der Waals surface area contributed by atoms with Gasteiger partial charge >= 0.3 is 0 Å². The first-order valence-electron chi connectivity index (χ1n) is 3.91. The van der Waals surface area contributed by atoms with Crippen LogP contribution < -0.4 is 0 Å². The van der Waals surface area contributed by atoms with E-state index < -0.39 is 6.17 Å². The van der Waals surface area contributed by atoms with Crippen LogP contribution in [0.3, 0.4) is 0 Å². The predicted molar refractivity (Wildman–Crippen MR) is 45.0 cm³/mol. The second kappa shape index (κ2) is 3.52. The van der Waals surface area contributed by atoms with Crippen LogP contribution in [-0.4, -0.2) is 16.5 Å². The molecule has 0 radical (unpaired) electrons. The van der Waals surface area contributed by atoms with Gasteiger partial charge in [0.2, 0.25) is 0 Å². The summed E-state index contributed by atoms with van der Waals surface area (Å²) in [5.41, 5.74) is 0.569. The Balaban J connectivity index is 2.84. The Morgan fingerprint density at radius 2 is 2.42 bits per heavy atom. The number of rotatable bonds is 3. The van der Waals surface area contributed by atoms with Gasteiger partial charge in [-0.15, -0.1) is 0 Å². The molecular weight excluding hydrogens is 157 g/mol. The standard InChI is InChI=1S/C9H12FNO/c1-7(10)6-11-5-3-4-9(11)8(2)12/h3-5,7H,6H2,1-2H3. The number of hydrogen-bond donors (Lipinski definition) is 0. The van der Waals surface area contributed by atoms with E-state index in [9.17, 15) is 9.18 Å². The van der Waals surface area contributed by atoms with Gasteiger partial charge in [-0.1, -0.05) is 0 Å². The van der Waals surface area contributed by atoms with Crippen molar-refractivity contribution in [2.75, 3.05) is 0 Å². The number of ketones is 1. The molecule has 0 aromatic carbocycles. The van der Waals surface area contributed by atoms with Crippen LogP contribution in [-0.2, 0) is 6.54 Å². The van der Waals surface area contributed by atoms with E-state index in [2.05, 4.69) is 0 Å². The Bertz CT molecular complexity index is 278. The summed E-state index contributed by atoms with van der Waals surface area (Å²) >= 11 is 0. The maximum atomic E-state index is 12.6. The van der Waals surface area contributed by atoms with E-state index in [4.69, 9.17) is 0 Å². The van der Waals surface area contributed by atoms with E-state index in [-0.39, 0.29) is 12.3 Å². The molecule has 0 N–H and O–H groups in total. The zero-order chi connectivity index (χ0) is 9.14. The summed E-state index contributed by atoms with van der Waals surface area (Å²) in [6, 6.07) is 3.45. The normalized spacial score (nSPS) is 12.9. The molecule has 0 saturated carbocycles. The quantitative estimate of drug-likeness (QED) is 0.635. The Morgan fingerprint density at radius 1 is 1.75 bits per heavy atom. The molecule has 12 heavy (non-hydrogen) atoms. The highest BCUT2D eigenvalue weighted by Crippen LogP contribution is 2.05. The summed E-state index contributed by atoms with van der Waals surface area (Å²) in [7, 11) is 0. The highest BCUT2D eigenvalue weighted by atomic mass is 19.1. The van der Waals surface area contributed by atoms with Crippen LogP contribution in [0.5, 0.6) is 0 Å². The number of carbonyl (C=O) groups excluding carboxylic acids is 1. The van der Waals surface area contributed by atoms with Crippen molar-refractivity contribution in [2.45, 2.75) is 26.6 Å². The van der Waals surface area contributed by atoms with E-state index in [0.717, 1.165) is 0 Å². The van der Waals surface area contributed by atoms with Crippen molar-refractivity contribution in [3.63, 3.8) is 0 Å². The monoisotopic (exact) mass is 169 g/mol. The Kier molecular flexibility index (Phi) is 2.63. The number of alkyl halides is 1. The minimum Gasteiger partial charge on any atom is -0.342 e. The van der Waals surface area contributed by atoms with Gasteiger partial charge in [-0.3, -0.25) is 4.79 Å². The number of halogens is 1. The summed E-state index contributed by atoms with van der Waals surface area (Å²) in [6.07, 6.45) is 0.794. The SMILES string of the molecule is CC(=O)c1cccn1CC(C)F. The van der Waals surface area contributed by atoms with Gasteiger partial charge in [0.25, 0.3) is 0 Å². The molecule has 3 heteroatoms. The van der Waals surface area contributed by atoms with Crippen LogP contribution in [0, 0.1) is 0 Å². The summed E-state index contributed by atoms with van der Waals surface area (Å²) in [4.78, 5) is 11.0. The lowest BCUT2D eigenvalue weighted by Crippen LogP contribution is -2.11. The van der Waals surface area contributed by atoms with E-state index in [1.165, 1.54) is 13.8 Å². The third kappa shape index (κ3) is 1.94. The van der Waals surface area contributed by atoms with Gasteiger partial charge in [0.15, 0.2) is 5.78 Å².